The van der Waals surface area contributed by atoms with Gasteiger partial charge < -0.3 is 10.0 Å². The van der Waals surface area contributed by atoms with Crippen molar-refractivity contribution in [1.82, 2.24) is 9.80 Å². The molecule has 0 aromatic heterocycles. The second-order valence-electron chi connectivity index (χ2n) is 6.43. The van der Waals surface area contributed by atoms with E-state index in [2.05, 4.69) is 39.8 Å². The molecule has 1 aliphatic heterocycles. The van der Waals surface area contributed by atoms with Crippen molar-refractivity contribution in [1.29, 1.82) is 0 Å². The predicted molar refractivity (Wildman–Crippen MR) is 89.9 cm³/mol. The molecule has 21 heavy (non-hydrogen) atoms. The van der Waals surface area contributed by atoms with Crippen LogP contribution in [0.15, 0.2) is 16.6 Å². The molecule has 0 unspecified atom stereocenters. The summed E-state index contributed by atoms with van der Waals surface area (Å²) in [5, 5.41) is 11.3. The third kappa shape index (κ3) is 3.02. The normalized spacial score (nSPS) is 29.9. The van der Waals surface area contributed by atoms with Crippen LogP contribution in [0.25, 0.3) is 0 Å². The standard InChI is InChI=1S/C16H22BrClN2O/c1-19(2)11-4-3-5-20(9-11)16-13-6-10(18)7-14(17)12(13)8-15(16)21/h6-7,11,15-16,21H,3-5,8-9H2,1-2H3/t11-,15-,16-/m1/s1. The molecule has 116 valence electrons. The molecule has 5 heteroatoms. The minimum absolute atomic E-state index is 0.0812. The Morgan fingerprint density at radius 1 is 1.38 bits per heavy atom. The first-order valence-electron chi connectivity index (χ1n) is 7.53. The number of piperidine rings is 1. The molecule has 1 N–H and O–H groups in total. The van der Waals surface area contributed by atoms with Gasteiger partial charge in [0.1, 0.15) is 0 Å². The van der Waals surface area contributed by atoms with E-state index in [1.54, 1.807) is 0 Å². The molecule has 1 heterocycles. The fourth-order valence-electron chi connectivity index (χ4n) is 3.73. The second kappa shape index (κ2) is 6.17. The number of hydrogen-bond donors (Lipinski definition) is 1. The molecule has 0 amide bonds. The summed E-state index contributed by atoms with van der Waals surface area (Å²) in [5.41, 5.74) is 2.41. The smallest absolute Gasteiger partial charge is 0.0777 e. The van der Waals surface area contributed by atoms with Crippen LogP contribution >= 0.6 is 27.5 Å². The average molecular weight is 374 g/mol. The number of likely N-dealkylation sites (N-methyl/N-ethyl adjacent to an activating group) is 1. The van der Waals surface area contributed by atoms with Gasteiger partial charge in [0.15, 0.2) is 0 Å². The van der Waals surface area contributed by atoms with Crippen LogP contribution in [0, 0.1) is 0 Å². The third-order valence-electron chi connectivity index (χ3n) is 4.84. The summed E-state index contributed by atoms with van der Waals surface area (Å²) in [6.45, 7) is 2.06. The first kappa shape index (κ1) is 15.8. The average Bonchev–Trinajstić information content (AvgIpc) is 2.75. The molecule has 3 atom stereocenters. The molecule has 0 radical (unpaired) electrons. The van der Waals surface area contributed by atoms with Crippen LogP contribution in [0.4, 0.5) is 0 Å². The highest BCUT2D eigenvalue weighted by Crippen LogP contribution is 2.42. The molecule has 0 spiro atoms. The first-order chi connectivity index (χ1) is 9.97. The summed E-state index contributed by atoms with van der Waals surface area (Å²) >= 11 is 9.81. The number of rotatable bonds is 2. The lowest BCUT2D eigenvalue weighted by molar-refractivity contribution is 0.0267. The van der Waals surface area contributed by atoms with Crippen LogP contribution in [0.5, 0.6) is 0 Å². The van der Waals surface area contributed by atoms with Gasteiger partial charge in [0, 0.05) is 28.5 Å². The number of nitrogens with zero attached hydrogens (tertiary/aromatic N) is 2. The number of aliphatic hydroxyl groups excluding tert-OH is 1. The highest BCUT2D eigenvalue weighted by atomic mass is 79.9. The van der Waals surface area contributed by atoms with Gasteiger partial charge in [-0.1, -0.05) is 27.5 Å². The maximum atomic E-state index is 10.6. The molecule has 1 saturated heterocycles. The van der Waals surface area contributed by atoms with Gasteiger partial charge in [0.05, 0.1) is 12.1 Å². The van der Waals surface area contributed by atoms with Gasteiger partial charge in [-0.15, -0.1) is 0 Å². The van der Waals surface area contributed by atoms with E-state index in [-0.39, 0.29) is 12.1 Å². The zero-order valence-electron chi connectivity index (χ0n) is 12.5. The fraction of sp³-hybridized carbons (Fsp3) is 0.625. The first-order valence-corrected chi connectivity index (χ1v) is 8.71. The number of likely N-dealkylation sites (tertiary alicyclic amines) is 1. The van der Waals surface area contributed by atoms with Crippen LogP contribution < -0.4 is 0 Å². The Bertz CT molecular complexity index is 537. The van der Waals surface area contributed by atoms with Crippen molar-refractivity contribution in [2.24, 2.45) is 0 Å². The van der Waals surface area contributed by atoms with E-state index < -0.39 is 0 Å². The van der Waals surface area contributed by atoms with Gasteiger partial charge in [-0.05, 0) is 56.7 Å². The largest absolute Gasteiger partial charge is 0.391 e. The highest BCUT2D eigenvalue weighted by Gasteiger charge is 2.38. The number of fused-ring (bicyclic) bond motifs is 1. The number of aliphatic hydroxyl groups is 1. The topological polar surface area (TPSA) is 26.7 Å². The van der Waals surface area contributed by atoms with E-state index >= 15 is 0 Å². The van der Waals surface area contributed by atoms with Crippen molar-refractivity contribution < 1.29 is 5.11 Å². The van der Waals surface area contributed by atoms with Gasteiger partial charge in [0.2, 0.25) is 0 Å². The van der Waals surface area contributed by atoms with Crippen LogP contribution in [0.1, 0.15) is 30.0 Å². The van der Waals surface area contributed by atoms with Crippen molar-refractivity contribution in [2.75, 3.05) is 27.2 Å². The van der Waals surface area contributed by atoms with E-state index in [1.807, 2.05) is 12.1 Å². The molecular formula is C16H22BrClN2O. The lowest BCUT2D eigenvalue weighted by atomic mass is 9.99. The predicted octanol–water partition coefficient (Wildman–Crippen LogP) is 3.09. The van der Waals surface area contributed by atoms with Crippen molar-refractivity contribution in [2.45, 2.75) is 37.5 Å². The summed E-state index contributed by atoms with van der Waals surface area (Å²) in [6, 6.07) is 4.60. The highest BCUT2D eigenvalue weighted by molar-refractivity contribution is 9.10. The van der Waals surface area contributed by atoms with Crippen LogP contribution in [0.2, 0.25) is 5.02 Å². The Hall–Kier alpha value is -0.130. The summed E-state index contributed by atoms with van der Waals surface area (Å²) in [4.78, 5) is 4.73. The van der Waals surface area contributed by atoms with Gasteiger partial charge >= 0.3 is 0 Å². The maximum absolute atomic E-state index is 10.6. The van der Waals surface area contributed by atoms with Gasteiger partial charge in [-0.2, -0.15) is 0 Å². The fourth-order valence-corrected chi connectivity index (χ4v) is 4.72. The molecule has 0 saturated carbocycles. The monoisotopic (exact) mass is 372 g/mol. The second-order valence-corrected chi connectivity index (χ2v) is 7.72. The van der Waals surface area contributed by atoms with E-state index in [9.17, 15) is 5.11 Å². The molecule has 0 bridgehead atoms. The zero-order valence-corrected chi connectivity index (χ0v) is 14.9. The molecule has 2 aliphatic rings. The zero-order chi connectivity index (χ0) is 15.1. The number of benzene rings is 1. The van der Waals surface area contributed by atoms with Gasteiger partial charge in [-0.3, -0.25) is 4.90 Å². The van der Waals surface area contributed by atoms with E-state index in [0.29, 0.717) is 12.5 Å². The van der Waals surface area contributed by atoms with E-state index in [1.165, 1.54) is 24.0 Å². The van der Waals surface area contributed by atoms with Crippen LogP contribution in [-0.4, -0.2) is 54.2 Å². The Kier molecular flexibility index (Phi) is 4.63. The summed E-state index contributed by atoms with van der Waals surface area (Å²) in [6.07, 6.45) is 2.79. The van der Waals surface area contributed by atoms with Crippen LogP contribution in [0.3, 0.4) is 0 Å². The molecule has 1 aliphatic carbocycles. The van der Waals surface area contributed by atoms with Crippen molar-refractivity contribution >= 4 is 27.5 Å². The Morgan fingerprint density at radius 3 is 2.86 bits per heavy atom. The van der Waals surface area contributed by atoms with Gasteiger partial charge in [-0.25, -0.2) is 0 Å². The quantitative estimate of drug-likeness (QED) is 0.863. The minimum atomic E-state index is -0.337. The van der Waals surface area contributed by atoms with Crippen molar-refractivity contribution in [3.05, 3.63) is 32.8 Å². The number of hydrogen-bond acceptors (Lipinski definition) is 3. The van der Waals surface area contributed by atoms with E-state index in [4.69, 9.17) is 11.6 Å². The van der Waals surface area contributed by atoms with Crippen molar-refractivity contribution in [3.63, 3.8) is 0 Å². The summed E-state index contributed by atoms with van der Waals surface area (Å²) in [7, 11) is 4.28. The third-order valence-corrected chi connectivity index (χ3v) is 5.77. The SMILES string of the molecule is CN(C)[C@@H]1CCCN([C@@H]2c3cc(Cl)cc(Br)c3C[C@H]2O)C1. The van der Waals surface area contributed by atoms with Crippen LogP contribution in [-0.2, 0) is 6.42 Å². The molecule has 1 fully saturated rings. The number of halogens is 2. The lowest BCUT2D eigenvalue weighted by Gasteiger charge is -2.40. The maximum Gasteiger partial charge on any atom is 0.0777 e. The molecular weight excluding hydrogens is 352 g/mol. The lowest BCUT2D eigenvalue weighted by Crippen LogP contribution is -2.48. The molecule has 3 nitrogen and oxygen atoms in total. The Labute approximate surface area is 140 Å². The van der Waals surface area contributed by atoms with Crippen molar-refractivity contribution in [3.8, 4) is 0 Å². The van der Waals surface area contributed by atoms with E-state index in [0.717, 1.165) is 22.6 Å². The Morgan fingerprint density at radius 2 is 2.14 bits per heavy atom. The Balaban J connectivity index is 1.90. The minimum Gasteiger partial charge on any atom is -0.391 e. The molecule has 1 aromatic carbocycles. The summed E-state index contributed by atoms with van der Waals surface area (Å²) in [5.74, 6) is 0. The molecule has 3 rings (SSSR count). The molecule has 1 aromatic rings. The van der Waals surface area contributed by atoms with Gasteiger partial charge in [0.25, 0.3) is 0 Å². The summed E-state index contributed by atoms with van der Waals surface area (Å²) < 4.78 is 1.02.